The van der Waals surface area contributed by atoms with E-state index >= 15 is 0 Å². The quantitative estimate of drug-likeness (QED) is 0.943. The number of rotatable bonds is 3. The first kappa shape index (κ1) is 13.8. The molecule has 1 saturated heterocycles. The zero-order chi connectivity index (χ0) is 14.9. The molecule has 0 bridgehead atoms. The van der Waals surface area contributed by atoms with E-state index in [1.807, 2.05) is 30.3 Å². The standard InChI is InChI=1S/C19H22N2O/c22-19(16-6-5-14-3-1-2-4-15(14)13-16)20-17-9-11-21(12-10-17)18-7-8-18/h1-6,13,17-18H,7-12H2,(H,20,22). The molecule has 0 aromatic heterocycles. The van der Waals surface area contributed by atoms with Crippen LogP contribution in [0.4, 0.5) is 0 Å². The van der Waals surface area contributed by atoms with Gasteiger partial charge in [0.15, 0.2) is 0 Å². The molecule has 1 saturated carbocycles. The summed E-state index contributed by atoms with van der Waals surface area (Å²) in [6.07, 6.45) is 4.90. The molecule has 1 heterocycles. The van der Waals surface area contributed by atoms with Crippen LogP contribution in [0.1, 0.15) is 36.0 Å². The molecule has 2 aliphatic rings. The summed E-state index contributed by atoms with van der Waals surface area (Å²) < 4.78 is 0. The molecular formula is C19H22N2O. The van der Waals surface area contributed by atoms with Crippen molar-refractivity contribution in [2.24, 2.45) is 0 Å². The lowest BCUT2D eigenvalue weighted by Crippen LogP contribution is -2.45. The van der Waals surface area contributed by atoms with E-state index in [2.05, 4.69) is 22.3 Å². The fraction of sp³-hybridized carbons (Fsp3) is 0.421. The topological polar surface area (TPSA) is 32.3 Å². The Hall–Kier alpha value is -1.87. The van der Waals surface area contributed by atoms with Gasteiger partial charge in [-0.25, -0.2) is 0 Å². The fourth-order valence-electron chi connectivity index (χ4n) is 3.45. The Kier molecular flexibility index (Phi) is 3.59. The SMILES string of the molecule is O=C(NC1CCN(C2CC2)CC1)c1ccc2ccccc2c1. The number of carbonyl (C=O) groups excluding carboxylic acids is 1. The number of hydrogen-bond acceptors (Lipinski definition) is 2. The molecule has 2 fully saturated rings. The van der Waals surface area contributed by atoms with Gasteiger partial charge in [0.05, 0.1) is 0 Å². The second kappa shape index (κ2) is 5.73. The van der Waals surface area contributed by atoms with Crippen molar-refractivity contribution in [3.63, 3.8) is 0 Å². The molecule has 2 aromatic carbocycles. The van der Waals surface area contributed by atoms with Crippen molar-refractivity contribution in [1.29, 1.82) is 0 Å². The van der Waals surface area contributed by atoms with Crippen LogP contribution < -0.4 is 5.32 Å². The molecular weight excluding hydrogens is 272 g/mol. The Labute approximate surface area is 131 Å². The summed E-state index contributed by atoms with van der Waals surface area (Å²) in [6, 6.07) is 15.3. The highest BCUT2D eigenvalue weighted by molar-refractivity contribution is 5.98. The summed E-state index contributed by atoms with van der Waals surface area (Å²) in [7, 11) is 0. The smallest absolute Gasteiger partial charge is 0.251 e. The molecule has 0 spiro atoms. The summed E-state index contributed by atoms with van der Waals surface area (Å²) in [6.45, 7) is 2.26. The van der Waals surface area contributed by atoms with Gasteiger partial charge in [-0.15, -0.1) is 0 Å². The average molecular weight is 294 g/mol. The number of nitrogens with one attached hydrogen (secondary N) is 1. The summed E-state index contributed by atoms with van der Waals surface area (Å²) in [4.78, 5) is 15.0. The predicted octanol–water partition coefficient (Wildman–Crippen LogP) is 3.20. The highest BCUT2D eigenvalue weighted by Crippen LogP contribution is 2.29. The maximum atomic E-state index is 12.5. The van der Waals surface area contributed by atoms with Gasteiger partial charge in [0.2, 0.25) is 0 Å². The van der Waals surface area contributed by atoms with Crippen LogP contribution in [0.25, 0.3) is 10.8 Å². The number of benzene rings is 2. The van der Waals surface area contributed by atoms with Gasteiger partial charge < -0.3 is 10.2 Å². The molecule has 3 nitrogen and oxygen atoms in total. The summed E-state index contributed by atoms with van der Waals surface area (Å²) >= 11 is 0. The minimum atomic E-state index is 0.0654. The molecule has 0 atom stereocenters. The molecule has 1 N–H and O–H groups in total. The van der Waals surface area contributed by atoms with Gasteiger partial charge in [-0.1, -0.05) is 30.3 Å². The Balaban J connectivity index is 1.40. The van der Waals surface area contributed by atoms with Crippen LogP contribution in [0, 0.1) is 0 Å². The van der Waals surface area contributed by atoms with Crippen LogP contribution in [0.3, 0.4) is 0 Å². The first-order valence-corrected chi connectivity index (χ1v) is 8.33. The molecule has 22 heavy (non-hydrogen) atoms. The van der Waals surface area contributed by atoms with Gasteiger partial charge in [-0.2, -0.15) is 0 Å². The van der Waals surface area contributed by atoms with Crippen LogP contribution in [0.5, 0.6) is 0 Å². The van der Waals surface area contributed by atoms with E-state index in [0.717, 1.165) is 42.9 Å². The highest BCUT2D eigenvalue weighted by atomic mass is 16.1. The number of likely N-dealkylation sites (tertiary alicyclic amines) is 1. The van der Waals surface area contributed by atoms with Gasteiger partial charge in [-0.3, -0.25) is 4.79 Å². The number of amides is 1. The number of carbonyl (C=O) groups is 1. The molecule has 3 heteroatoms. The predicted molar refractivity (Wildman–Crippen MR) is 89.0 cm³/mol. The van der Waals surface area contributed by atoms with Crippen molar-refractivity contribution in [1.82, 2.24) is 10.2 Å². The second-order valence-electron chi connectivity index (χ2n) is 6.58. The van der Waals surface area contributed by atoms with Crippen molar-refractivity contribution >= 4 is 16.7 Å². The molecule has 114 valence electrons. The number of hydrogen-bond donors (Lipinski definition) is 1. The number of piperidine rings is 1. The lowest BCUT2D eigenvalue weighted by Gasteiger charge is -2.32. The van der Waals surface area contributed by atoms with Crippen molar-refractivity contribution in [3.05, 3.63) is 48.0 Å². The van der Waals surface area contributed by atoms with E-state index in [1.165, 1.54) is 18.2 Å². The lowest BCUT2D eigenvalue weighted by molar-refractivity contribution is 0.0909. The summed E-state index contributed by atoms with van der Waals surface area (Å²) in [5.74, 6) is 0.0654. The van der Waals surface area contributed by atoms with Crippen LogP contribution >= 0.6 is 0 Å². The lowest BCUT2D eigenvalue weighted by atomic mass is 10.0. The van der Waals surface area contributed by atoms with Crippen LogP contribution in [0.15, 0.2) is 42.5 Å². The Bertz CT molecular complexity index is 685. The fourth-order valence-corrected chi connectivity index (χ4v) is 3.45. The minimum Gasteiger partial charge on any atom is -0.349 e. The molecule has 4 rings (SSSR count). The van der Waals surface area contributed by atoms with E-state index < -0.39 is 0 Å². The maximum absolute atomic E-state index is 12.5. The second-order valence-corrected chi connectivity index (χ2v) is 6.58. The minimum absolute atomic E-state index is 0.0654. The third-order valence-corrected chi connectivity index (χ3v) is 4.94. The maximum Gasteiger partial charge on any atom is 0.251 e. The van der Waals surface area contributed by atoms with Gasteiger partial charge in [0, 0.05) is 30.7 Å². The first-order chi connectivity index (χ1) is 10.8. The zero-order valence-corrected chi connectivity index (χ0v) is 12.8. The molecule has 1 aliphatic carbocycles. The monoisotopic (exact) mass is 294 g/mol. The van der Waals surface area contributed by atoms with E-state index in [-0.39, 0.29) is 5.91 Å². The summed E-state index contributed by atoms with van der Waals surface area (Å²) in [5, 5.41) is 5.52. The van der Waals surface area contributed by atoms with E-state index in [1.54, 1.807) is 0 Å². The highest BCUT2D eigenvalue weighted by Gasteiger charge is 2.32. The van der Waals surface area contributed by atoms with Gasteiger partial charge in [0.1, 0.15) is 0 Å². The molecule has 1 amide bonds. The van der Waals surface area contributed by atoms with E-state index in [9.17, 15) is 4.79 Å². The van der Waals surface area contributed by atoms with Gasteiger partial charge >= 0.3 is 0 Å². The molecule has 1 aliphatic heterocycles. The Morgan fingerprint density at radius 2 is 1.68 bits per heavy atom. The van der Waals surface area contributed by atoms with Gasteiger partial charge in [-0.05, 0) is 48.6 Å². The largest absolute Gasteiger partial charge is 0.349 e. The number of fused-ring (bicyclic) bond motifs is 1. The van der Waals surface area contributed by atoms with E-state index in [4.69, 9.17) is 0 Å². The van der Waals surface area contributed by atoms with Gasteiger partial charge in [0.25, 0.3) is 5.91 Å². The Morgan fingerprint density at radius 1 is 0.955 bits per heavy atom. The normalized spacial score (nSPS) is 20.2. The Morgan fingerprint density at radius 3 is 2.41 bits per heavy atom. The summed E-state index contributed by atoms with van der Waals surface area (Å²) in [5.41, 5.74) is 0.767. The van der Waals surface area contributed by atoms with Crippen LogP contribution in [-0.4, -0.2) is 36.0 Å². The van der Waals surface area contributed by atoms with Crippen LogP contribution in [0.2, 0.25) is 0 Å². The van der Waals surface area contributed by atoms with Crippen LogP contribution in [-0.2, 0) is 0 Å². The molecule has 0 radical (unpaired) electrons. The zero-order valence-electron chi connectivity index (χ0n) is 12.8. The van der Waals surface area contributed by atoms with E-state index in [0.29, 0.717) is 6.04 Å². The molecule has 0 unspecified atom stereocenters. The van der Waals surface area contributed by atoms with Crippen molar-refractivity contribution in [3.8, 4) is 0 Å². The third-order valence-electron chi connectivity index (χ3n) is 4.94. The van der Waals surface area contributed by atoms with Crippen molar-refractivity contribution < 1.29 is 4.79 Å². The van der Waals surface area contributed by atoms with Crippen molar-refractivity contribution in [2.45, 2.75) is 37.8 Å². The average Bonchev–Trinajstić information content (AvgIpc) is 3.40. The van der Waals surface area contributed by atoms with Crippen molar-refractivity contribution in [2.75, 3.05) is 13.1 Å². The number of nitrogens with zero attached hydrogens (tertiary/aromatic N) is 1. The molecule has 2 aromatic rings. The third kappa shape index (κ3) is 2.86. The first-order valence-electron chi connectivity index (χ1n) is 8.33.